The number of benzene rings is 2. The van der Waals surface area contributed by atoms with Gasteiger partial charge in [-0.05, 0) is 34.7 Å². The molecule has 0 aliphatic rings. The standard InChI is InChI=1S/C17H20FN.ClH/c1-13(2)16-7-3-14(4-8-16)11-19-12-15-5-9-17(18)10-6-15;/h3-10,13,19H,11-12H2,1-2H3;1H. The zero-order valence-electron chi connectivity index (χ0n) is 11.9. The number of hydrogen-bond donors (Lipinski definition) is 1. The molecule has 0 heterocycles. The number of rotatable bonds is 5. The molecule has 0 amide bonds. The van der Waals surface area contributed by atoms with Crippen LogP contribution >= 0.6 is 12.4 Å². The van der Waals surface area contributed by atoms with E-state index >= 15 is 0 Å². The molecule has 0 saturated carbocycles. The summed E-state index contributed by atoms with van der Waals surface area (Å²) in [4.78, 5) is 0. The van der Waals surface area contributed by atoms with Crippen LogP contribution < -0.4 is 5.32 Å². The van der Waals surface area contributed by atoms with Gasteiger partial charge in [0.25, 0.3) is 0 Å². The molecule has 3 heteroatoms. The first-order valence-electron chi connectivity index (χ1n) is 6.69. The SMILES string of the molecule is CC(C)c1ccc(CNCc2ccc(F)cc2)cc1.Cl. The fraction of sp³-hybridized carbons (Fsp3) is 0.294. The summed E-state index contributed by atoms with van der Waals surface area (Å²) in [5.41, 5.74) is 3.73. The highest BCUT2D eigenvalue weighted by molar-refractivity contribution is 5.85. The van der Waals surface area contributed by atoms with Gasteiger partial charge in [-0.2, -0.15) is 0 Å². The smallest absolute Gasteiger partial charge is 0.123 e. The van der Waals surface area contributed by atoms with Crippen molar-refractivity contribution in [2.24, 2.45) is 0 Å². The van der Waals surface area contributed by atoms with E-state index in [9.17, 15) is 4.39 Å². The van der Waals surface area contributed by atoms with Gasteiger partial charge in [0.15, 0.2) is 0 Å². The fourth-order valence-corrected chi connectivity index (χ4v) is 1.97. The number of nitrogens with one attached hydrogen (secondary N) is 1. The molecular weight excluding hydrogens is 273 g/mol. The van der Waals surface area contributed by atoms with E-state index in [0.29, 0.717) is 5.92 Å². The molecule has 0 aliphatic carbocycles. The van der Waals surface area contributed by atoms with Gasteiger partial charge >= 0.3 is 0 Å². The van der Waals surface area contributed by atoms with Crippen molar-refractivity contribution in [2.75, 3.05) is 0 Å². The van der Waals surface area contributed by atoms with Crippen LogP contribution in [0.4, 0.5) is 4.39 Å². The summed E-state index contributed by atoms with van der Waals surface area (Å²) < 4.78 is 12.8. The van der Waals surface area contributed by atoms with Gasteiger partial charge in [-0.3, -0.25) is 0 Å². The summed E-state index contributed by atoms with van der Waals surface area (Å²) in [6.45, 7) is 5.98. The summed E-state index contributed by atoms with van der Waals surface area (Å²) in [6.07, 6.45) is 0. The van der Waals surface area contributed by atoms with Gasteiger partial charge < -0.3 is 5.32 Å². The second-order valence-electron chi connectivity index (χ2n) is 5.13. The van der Waals surface area contributed by atoms with Gasteiger partial charge in [-0.1, -0.05) is 50.2 Å². The molecule has 0 bridgehead atoms. The Hall–Kier alpha value is -1.38. The fourth-order valence-electron chi connectivity index (χ4n) is 1.97. The van der Waals surface area contributed by atoms with Crippen LogP contribution in [0, 0.1) is 5.82 Å². The topological polar surface area (TPSA) is 12.0 Å². The van der Waals surface area contributed by atoms with Crippen molar-refractivity contribution in [3.8, 4) is 0 Å². The average molecular weight is 294 g/mol. The predicted octanol–water partition coefficient (Wildman–Crippen LogP) is 4.66. The number of hydrogen-bond acceptors (Lipinski definition) is 1. The minimum atomic E-state index is -0.187. The Morgan fingerprint density at radius 1 is 0.850 bits per heavy atom. The first-order chi connectivity index (χ1) is 9.15. The minimum absolute atomic E-state index is 0. The summed E-state index contributed by atoms with van der Waals surface area (Å²) in [5, 5.41) is 3.36. The molecule has 2 rings (SSSR count). The molecule has 0 atom stereocenters. The molecule has 0 aliphatic heterocycles. The lowest BCUT2D eigenvalue weighted by Crippen LogP contribution is -2.12. The quantitative estimate of drug-likeness (QED) is 0.845. The summed E-state index contributed by atoms with van der Waals surface area (Å²) in [6, 6.07) is 15.3. The lowest BCUT2D eigenvalue weighted by Gasteiger charge is -2.08. The monoisotopic (exact) mass is 293 g/mol. The van der Waals surface area contributed by atoms with Crippen molar-refractivity contribution >= 4 is 12.4 Å². The zero-order chi connectivity index (χ0) is 13.7. The van der Waals surface area contributed by atoms with Crippen LogP contribution in [0.5, 0.6) is 0 Å². The Kier molecular flexibility index (Phi) is 6.69. The molecule has 0 spiro atoms. The maximum atomic E-state index is 12.8. The highest BCUT2D eigenvalue weighted by Gasteiger charge is 1.99. The van der Waals surface area contributed by atoms with Crippen LogP contribution in [0.1, 0.15) is 36.5 Å². The lowest BCUT2D eigenvalue weighted by atomic mass is 10.0. The van der Waals surface area contributed by atoms with Crippen LogP contribution in [0.25, 0.3) is 0 Å². The average Bonchev–Trinajstić information content (AvgIpc) is 2.41. The molecule has 0 saturated heterocycles. The van der Waals surface area contributed by atoms with Crippen LogP contribution in [0.15, 0.2) is 48.5 Å². The Bertz CT molecular complexity index is 506. The lowest BCUT2D eigenvalue weighted by molar-refractivity contribution is 0.625. The van der Waals surface area contributed by atoms with Crippen molar-refractivity contribution in [2.45, 2.75) is 32.9 Å². The Morgan fingerprint density at radius 3 is 1.75 bits per heavy atom. The third kappa shape index (κ3) is 4.95. The molecular formula is C17H21ClFN. The molecule has 2 aromatic rings. The largest absolute Gasteiger partial charge is 0.309 e. The van der Waals surface area contributed by atoms with Crippen LogP contribution in [0.3, 0.4) is 0 Å². The van der Waals surface area contributed by atoms with E-state index in [0.717, 1.165) is 18.7 Å². The molecule has 20 heavy (non-hydrogen) atoms. The third-order valence-corrected chi connectivity index (χ3v) is 3.22. The second kappa shape index (κ2) is 8.03. The molecule has 0 fully saturated rings. The van der Waals surface area contributed by atoms with Crippen LogP contribution in [-0.2, 0) is 13.1 Å². The van der Waals surface area contributed by atoms with E-state index in [1.807, 2.05) is 12.1 Å². The minimum Gasteiger partial charge on any atom is -0.309 e. The van der Waals surface area contributed by atoms with Gasteiger partial charge in [0.1, 0.15) is 5.82 Å². The number of halogens is 2. The molecule has 2 aromatic carbocycles. The molecule has 0 radical (unpaired) electrons. The predicted molar refractivity (Wildman–Crippen MR) is 84.7 cm³/mol. The normalized spacial score (nSPS) is 10.4. The summed E-state index contributed by atoms with van der Waals surface area (Å²) in [7, 11) is 0. The van der Waals surface area contributed by atoms with Gasteiger partial charge in [0.2, 0.25) is 0 Å². The first-order valence-corrected chi connectivity index (χ1v) is 6.69. The van der Waals surface area contributed by atoms with Gasteiger partial charge in [0.05, 0.1) is 0 Å². The first kappa shape index (κ1) is 16.7. The van der Waals surface area contributed by atoms with E-state index < -0.39 is 0 Å². The Morgan fingerprint density at radius 2 is 1.30 bits per heavy atom. The van der Waals surface area contributed by atoms with Crippen molar-refractivity contribution in [1.82, 2.24) is 5.32 Å². The summed E-state index contributed by atoms with van der Waals surface area (Å²) in [5.74, 6) is 0.384. The molecule has 1 N–H and O–H groups in total. The van der Waals surface area contributed by atoms with E-state index in [1.54, 1.807) is 0 Å². The zero-order valence-corrected chi connectivity index (χ0v) is 12.7. The molecule has 1 nitrogen and oxygen atoms in total. The van der Waals surface area contributed by atoms with Crippen molar-refractivity contribution in [3.05, 3.63) is 71.0 Å². The van der Waals surface area contributed by atoms with Gasteiger partial charge in [0, 0.05) is 13.1 Å². The Labute approximate surface area is 126 Å². The molecule has 0 aromatic heterocycles. The van der Waals surface area contributed by atoms with Crippen molar-refractivity contribution in [3.63, 3.8) is 0 Å². The maximum absolute atomic E-state index is 12.8. The van der Waals surface area contributed by atoms with E-state index in [1.165, 1.54) is 23.3 Å². The van der Waals surface area contributed by atoms with Crippen molar-refractivity contribution in [1.29, 1.82) is 0 Å². The van der Waals surface area contributed by atoms with Gasteiger partial charge in [-0.25, -0.2) is 4.39 Å². The van der Waals surface area contributed by atoms with Gasteiger partial charge in [-0.15, -0.1) is 12.4 Å². The van der Waals surface area contributed by atoms with Crippen LogP contribution in [0.2, 0.25) is 0 Å². The van der Waals surface area contributed by atoms with E-state index in [-0.39, 0.29) is 18.2 Å². The van der Waals surface area contributed by atoms with Crippen LogP contribution in [-0.4, -0.2) is 0 Å². The second-order valence-corrected chi connectivity index (χ2v) is 5.13. The van der Waals surface area contributed by atoms with E-state index in [2.05, 4.69) is 43.4 Å². The molecule has 0 unspecified atom stereocenters. The highest BCUT2D eigenvalue weighted by Crippen LogP contribution is 2.14. The maximum Gasteiger partial charge on any atom is 0.123 e. The van der Waals surface area contributed by atoms with Crippen molar-refractivity contribution < 1.29 is 4.39 Å². The highest BCUT2D eigenvalue weighted by atomic mass is 35.5. The van der Waals surface area contributed by atoms with E-state index in [4.69, 9.17) is 0 Å². The summed E-state index contributed by atoms with van der Waals surface area (Å²) >= 11 is 0. The Balaban J connectivity index is 0.00000200. The molecule has 108 valence electrons. The third-order valence-electron chi connectivity index (χ3n) is 3.22.